The van der Waals surface area contributed by atoms with Crippen LogP contribution in [0.4, 0.5) is 11.6 Å². The van der Waals surface area contributed by atoms with Crippen molar-refractivity contribution in [2.24, 2.45) is 0 Å². The summed E-state index contributed by atoms with van der Waals surface area (Å²) >= 11 is 0. The van der Waals surface area contributed by atoms with Gasteiger partial charge in [0, 0.05) is 41.7 Å². The van der Waals surface area contributed by atoms with Crippen molar-refractivity contribution in [3.05, 3.63) is 84.3 Å². The number of benzene rings is 1. The van der Waals surface area contributed by atoms with Crippen molar-refractivity contribution in [2.75, 3.05) is 30.3 Å². The normalized spacial score (nSPS) is 16.2. The van der Waals surface area contributed by atoms with Crippen molar-refractivity contribution < 1.29 is 4.79 Å². The highest BCUT2D eigenvalue weighted by molar-refractivity contribution is 5.91. The molecule has 1 aromatic carbocycles. The lowest BCUT2D eigenvalue weighted by Gasteiger charge is -2.24. The molecule has 0 bridgehead atoms. The van der Waals surface area contributed by atoms with Crippen LogP contribution in [0.3, 0.4) is 0 Å². The number of hydrogen-bond acceptors (Lipinski definition) is 5. The summed E-state index contributed by atoms with van der Waals surface area (Å²) in [5.41, 5.74) is 4.89. The molecule has 7 nitrogen and oxygen atoms in total. The lowest BCUT2D eigenvalue weighted by atomic mass is 10.0. The minimum absolute atomic E-state index is 0.0782. The van der Waals surface area contributed by atoms with Crippen molar-refractivity contribution in [2.45, 2.75) is 44.4 Å². The predicted molar refractivity (Wildman–Crippen MR) is 145 cm³/mol. The second kappa shape index (κ2) is 11.4. The van der Waals surface area contributed by atoms with Crippen LogP contribution in [0.25, 0.3) is 11.1 Å². The Kier molecular flexibility index (Phi) is 7.57. The van der Waals surface area contributed by atoms with Crippen molar-refractivity contribution in [1.82, 2.24) is 20.1 Å². The molecular weight excluding hydrogens is 448 g/mol. The quantitative estimate of drug-likeness (QED) is 0.332. The SMILES string of the molecule is C=C(/C=C/CN1CCCCC1)Nc1ccc(-c2cccc(CC(=O)Nc3cc(C4CC4)[nH]n3)c2)cn1. The molecule has 7 heteroatoms. The fraction of sp³-hybridized carbons (Fsp3) is 0.345. The van der Waals surface area contributed by atoms with Crippen LogP contribution in [-0.2, 0) is 11.2 Å². The second-order valence-corrected chi connectivity index (χ2v) is 9.75. The molecule has 3 heterocycles. The van der Waals surface area contributed by atoms with Gasteiger partial charge in [0.15, 0.2) is 5.82 Å². The minimum atomic E-state index is -0.0782. The fourth-order valence-electron chi connectivity index (χ4n) is 4.57. The molecule has 1 aliphatic carbocycles. The molecule has 0 spiro atoms. The number of nitrogens with zero attached hydrogens (tertiary/aromatic N) is 3. The smallest absolute Gasteiger partial charge is 0.229 e. The number of hydrogen-bond donors (Lipinski definition) is 3. The summed E-state index contributed by atoms with van der Waals surface area (Å²) < 4.78 is 0. The maximum atomic E-state index is 12.5. The molecule has 1 saturated heterocycles. The zero-order chi connectivity index (χ0) is 24.7. The summed E-state index contributed by atoms with van der Waals surface area (Å²) in [4.78, 5) is 19.6. The van der Waals surface area contributed by atoms with E-state index in [-0.39, 0.29) is 12.3 Å². The third kappa shape index (κ3) is 6.70. The highest BCUT2D eigenvalue weighted by Gasteiger charge is 2.25. The fourth-order valence-corrected chi connectivity index (χ4v) is 4.57. The highest BCUT2D eigenvalue weighted by Crippen LogP contribution is 2.39. The van der Waals surface area contributed by atoms with Crippen LogP contribution in [0, 0.1) is 0 Å². The monoisotopic (exact) mass is 482 g/mol. The second-order valence-electron chi connectivity index (χ2n) is 9.75. The molecule has 3 aromatic rings. The van der Waals surface area contributed by atoms with Gasteiger partial charge in [0.25, 0.3) is 0 Å². The number of likely N-dealkylation sites (tertiary alicyclic amines) is 1. The number of carbonyl (C=O) groups excluding carboxylic acids is 1. The van der Waals surface area contributed by atoms with Crippen LogP contribution in [0.5, 0.6) is 0 Å². The highest BCUT2D eigenvalue weighted by atomic mass is 16.1. The average molecular weight is 483 g/mol. The first-order valence-corrected chi connectivity index (χ1v) is 12.9. The molecule has 2 fully saturated rings. The summed E-state index contributed by atoms with van der Waals surface area (Å²) in [6.45, 7) is 7.43. The van der Waals surface area contributed by atoms with Gasteiger partial charge in [-0.15, -0.1) is 0 Å². The number of H-pyrrole nitrogens is 1. The molecule has 2 aromatic heterocycles. The molecule has 5 rings (SSSR count). The lowest BCUT2D eigenvalue weighted by Crippen LogP contribution is -2.29. The van der Waals surface area contributed by atoms with Crippen molar-refractivity contribution >= 4 is 17.5 Å². The van der Waals surface area contributed by atoms with E-state index in [0.29, 0.717) is 11.7 Å². The zero-order valence-electron chi connectivity index (χ0n) is 20.7. The molecule has 1 aliphatic heterocycles. The molecular formula is C29H34N6O. The van der Waals surface area contributed by atoms with E-state index in [9.17, 15) is 4.79 Å². The Morgan fingerprint density at radius 2 is 1.92 bits per heavy atom. The first-order chi connectivity index (χ1) is 17.6. The zero-order valence-corrected chi connectivity index (χ0v) is 20.7. The van der Waals surface area contributed by atoms with Gasteiger partial charge in [-0.3, -0.25) is 14.8 Å². The van der Waals surface area contributed by atoms with Gasteiger partial charge >= 0.3 is 0 Å². The maximum absolute atomic E-state index is 12.5. The average Bonchev–Trinajstić information content (AvgIpc) is 3.64. The summed E-state index contributed by atoms with van der Waals surface area (Å²) in [5, 5.41) is 13.4. The Morgan fingerprint density at radius 1 is 1.06 bits per heavy atom. The van der Waals surface area contributed by atoms with Gasteiger partial charge in [-0.1, -0.05) is 43.3 Å². The number of carbonyl (C=O) groups is 1. The molecule has 0 atom stereocenters. The molecule has 36 heavy (non-hydrogen) atoms. The third-order valence-corrected chi connectivity index (χ3v) is 6.69. The van der Waals surface area contributed by atoms with Crippen molar-refractivity contribution in [3.63, 3.8) is 0 Å². The number of rotatable bonds is 10. The lowest BCUT2D eigenvalue weighted by molar-refractivity contribution is -0.115. The van der Waals surface area contributed by atoms with Gasteiger partial charge in [0.05, 0.1) is 6.42 Å². The summed E-state index contributed by atoms with van der Waals surface area (Å²) in [6, 6.07) is 13.9. The molecule has 3 N–H and O–H groups in total. The van der Waals surface area contributed by atoms with Crippen LogP contribution < -0.4 is 10.6 Å². The number of aromatic nitrogens is 3. The summed E-state index contributed by atoms with van der Waals surface area (Å²) in [5.74, 6) is 1.85. The van der Waals surface area contributed by atoms with E-state index in [1.54, 1.807) is 0 Å². The third-order valence-electron chi connectivity index (χ3n) is 6.69. The Labute approximate surface area is 212 Å². The van der Waals surface area contributed by atoms with E-state index in [2.05, 4.69) is 43.4 Å². The van der Waals surface area contributed by atoms with E-state index < -0.39 is 0 Å². The van der Waals surface area contributed by atoms with Crippen LogP contribution in [-0.4, -0.2) is 45.6 Å². The summed E-state index contributed by atoms with van der Waals surface area (Å²) in [6.07, 6.45) is 12.6. The van der Waals surface area contributed by atoms with Gasteiger partial charge in [0.1, 0.15) is 5.82 Å². The maximum Gasteiger partial charge on any atom is 0.229 e. The minimum Gasteiger partial charge on any atom is -0.341 e. The standard InChI is InChI=1S/C29H34N6O/c1-21(7-6-16-35-14-3-2-4-15-35)31-27-13-12-25(20-30-27)24-9-5-8-22(17-24)18-29(36)32-28-19-26(33-34-28)23-10-11-23/h5-9,12-13,17,19-20,23H,1-4,10-11,14-16,18H2,(H,30,31)(H2,32,33,34,36)/b7-6+. The summed E-state index contributed by atoms with van der Waals surface area (Å²) in [7, 11) is 0. The predicted octanol–water partition coefficient (Wildman–Crippen LogP) is 5.50. The van der Waals surface area contributed by atoms with Gasteiger partial charge in [-0.2, -0.15) is 5.10 Å². The Bertz CT molecular complexity index is 1220. The van der Waals surface area contributed by atoms with Crippen LogP contribution >= 0.6 is 0 Å². The van der Waals surface area contributed by atoms with Crippen LogP contribution in [0.1, 0.15) is 49.3 Å². The van der Waals surface area contributed by atoms with E-state index in [1.165, 1.54) is 45.2 Å². The van der Waals surface area contributed by atoms with Gasteiger partial charge < -0.3 is 10.6 Å². The number of piperidine rings is 1. The largest absolute Gasteiger partial charge is 0.341 e. The molecule has 0 radical (unpaired) electrons. The first-order valence-electron chi connectivity index (χ1n) is 12.9. The van der Waals surface area contributed by atoms with Gasteiger partial charge in [-0.25, -0.2) is 4.98 Å². The Morgan fingerprint density at radius 3 is 2.69 bits per heavy atom. The van der Waals surface area contributed by atoms with Crippen molar-refractivity contribution in [1.29, 1.82) is 0 Å². The number of amides is 1. The van der Waals surface area contributed by atoms with Gasteiger partial charge in [0.2, 0.25) is 5.91 Å². The molecule has 0 unspecified atom stereocenters. The van der Waals surface area contributed by atoms with E-state index in [1.807, 2.05) is 54.7 Å². The number of pyridine rings is 1. The Balaban J connectivity index is 1.13. The molecule has 1 saturated carbocycles. The van der Waals surface area contributed by atoms with Crippen LogP contribution in [0.15, 0.2) is 73.1 Å². The van der Waals surface area contributed by atoms with E-state index in [4.69, 9.17) is 0 Å². The number of allylic oxidation sites excluding steroid dienone is 1. The van der Waals surface area contributed by atoms with Crippen molar-refractivity contribution in [3.8, 4) is 11.1 Å². The molecule has 1 amide bonds. The van der Waals surface area contributed by atoms with E-state index >= 15 is 0 Å². The molecule has 186 valence electrons. The Hall–Kier alpha value is -3.71. The number of aromatic amines is 1. The van der Waals surface area contributed by atoms with Crippen LogP contribution in [0.2, 0.25) is 0 Å². The number of nitrogens with one attached hydrogen (secondary N) is 3. The van der Waals surface area contributed by atoms with Gasteiger partial charge in [-0.05, 0) is 68.1 Å². The topological polar surface area (TPSA) is 85.9 Å². The number of anilines is 2. The van der Waals surface area contributed by atoms with E-state index in [0.717, 1.165) is 40.4 Å². The first kappa shape index (κ1) is 24.0. The molecule has 2 aliphatic rings.